The molecule has 1 aromatic rings. The van der Waals surface area contributed by atoms with Crippen molar-refractivity contribution in [3.05, 3.63) is 21.9 Å². The summed E-state index contributed by atoms with van der Waals surface area (Å²) in [6.45, 7) is 0. The van der Waals surface area contributed by atoms with Crippen LogP contribution in [-0.4, -0.2) is 4.98 Å². The van der Waals surface area contributed by atoms with Gasteiger partial charge in [0.2, 0.25) is 0 Å². The molecule has 1 rings (SSSR count). The second-order valence-corrected chi connectivity index (χ2v) is 3.44. The van der Waals surface area contributed by atoms with E-state index in [4.69, 9.17) is 5.73 Å². The molecule has 0 aromatic carbocycles. The first-order chi connectivity index (χ1) is 6.73. The maximum atomic E-state index is 12.3. The van der Waals surface area contributed by atoms with Crippen LogP contribution in [0.4, 0.5) is 27.6 Å². The van der Waals surface area contributed by atoms with Gasteiger partial charge in [-0.25, -0.2) is 13.8 Å². The van der Waals surface area contributed by atoms with Crippen molar-refractivity contribution in [1.82, 2.24) is 4.98 Å². The molecule has 0 aliphatic rings. The molecule has 0 spiro atoms. The fraction of sp³-hybridized carbons (Fsp3) is 0.286. The summed E-state index contributed by atoms with van der Waals surface area (Å²) < 4.78 is 60.9. The topological polar surface area (TPSA) is 38.9 Å². The second-order valence-electron chi connectivity index (χ2n) is 2.59. The third-order valence-corrected chi connectivity index (χ3v) is 2.18. The molecule has 0 fully saturated rings. The third-order valence-electron chi connectivity index (χ3n) is 1.52. The lowest BCUT2D eigenvalue weighted by molar-refractivity contribution is -0.140. The van der Waals surface area contributed by atoms with Gasteiger partial charge in [-0.3, -0.25) is 0 Å². The Kier molecular flexibility index (Phi) is 3.17. The highest BCUT2D eigenvalue weighted by Crippen LogP contribution is 2.37. The molecule has 1 aromatic heterocycles. The summed E-state index contributed by atoms with van der Waals surface area (Å²) in [5.74, 6) is 0. The molecule has 0 amide bonds. The molecule has 84 valence electrons. The van der Waals surface area contributed by atoms with Gasteiger partial charge in [-0.2, -0.15) is 13.2 Å². The normalized spacial score (nSPS) is 12.2. The molecule has 0 saturated heterocycles. The van der Waals surface area contributed by atoms with Gasteiger partial charge in [-0.1, -0.05) is 0 Å². The van der Waals surface area contributed by atoms with Crippen molar-refractivity contribution in [3.8, 4) is 0 Å². The highest BCUT2D eigenvalue weighted by Gasteiger charge is 2.36. The molecule has 8 heteroatoms. The smallest absolute Gasteiger partial charge is 0.396 e. The van der Waals surface area contributed by atoms with Gasteiger partial charge in [-0.15, -0.1) is 0 Å². The minimum Gasteiger partial charge on any atom is -0.396 e. The van der Waals surface area contributed by atoms with Crippen LogP contribution in [0.2, 0.25) is 0 Å². The van der Waals surface area contributed by atoms with E-state index in [1.165, 1.54) is 0 Å². The van der Waals surface area contributed by atoms with Gasteiger partial charge in [0.25, 0.3) is 6.43 Å². The van der Waals surface area contributed by atoms with E-state index in [2.05, 4.69) is 20.9 Å². The highest BCUT2D eigenvalue weighted by atomic mass is 79.9. The van der Waals surface area contributed by atoms with E-state index in [1.807, 2.05) is 0 Å². The largest absolute Gasteiger partial charge is 0.435 e. The van der Waals surface area contributed by atoms with Crippen molar-refractivity contribution >= 4 is 21.6 Å². The molecule has 2 N–H and O–H groups in total. The summed E-state index contributed by atoms with van der Waals surface area (Å²) >= 11 is 2.66. The number of alkyl halides is 5. The molecule has 2 nitrogen and oxygen atoms in total. The molecule has 0 bridgehead atoms. The Morgan fingerprint density at radius 1 is 1.33 bits per heavy atom. The standard InChI is InChI=1S/C7H4BrF5N2/c8-2-1-3(6(9)10)15-5(4(2)14)7(11,12)13/h1,6H,14H2. The lowest BCUT2D eigenvalue weighted by Crippen LogP contribution is -2.13. The lowest BCUT2D eigenvalue weighted by Gasteiger charge is -2.11. The van der Waals surface area contributed by atoms with Crippen molar-refractivity contribution in [1.29, 1.82) is 0 Å². The summed E-state index contributed by atoms with van der Waals surface area (Å²) in [5.41, 5.74) is 1.89. The molecule has 0 aliphatic carbocycles. The number of aromatic nitrogens is 1. The van der Waals surface area contributed by atoms with Crippen LogP contribution in [0.15, 0.2) is 10.5 Å². The number of anilines is 1. The summed E-state index contributed by atoms with van der Waals surface area (Å²) in [4.78, 5) is 2.77. The second kappa shape index (κ2) is 3.92. The fourth-order valence-electron chi connectivity index (χ4n) is 0.870. The number of hydrogen-bond donors (Lipinski definition) is 1. The van der Waals surface area contributed by atoms with Gasteiger partial charge < -0.3 is 5.73 Å². The number of nitrogen functional groups attached to an aromatic ring is 1. The van der Waals surface area contributed by atoms with Crippen LogP contribution in [0, 0.1) is 0 Å². The number of pyridine rings is 1. The Balaban J connectivity index is 3.38. The van der Waals surface area contributed by atoms with Crippen LogP contribution < -0.4 is 5.73 Å². The quantitative estimate of drug-likeness (QED) is 0.805. The summed E-state index contributed by atoms with van der Waals surface area (Å²) in [6, 6.07) is 0.759. The predicted molar refractivity (Wildman–Crippen MR) is 46.3 cm³/mol. The molecule has 0 radical (unpaired) electrons. The average Bonchev–Trinajstić information content (AvgIpc) is 2.06. The Bertz CT molecular complexity index is 376. The first-order valence-electron chi connectivity index (χ1n) is 3.54. The molecule has 0 atom stereocenters. The van der Waals surface area contributed by atoms with Crippen LogP contribution in [0.25, 0.3) is 0 Å². The first-order valence-corrected chi connectivity index (χ1v) is 4.34. The van der Waals surface area contributed by atoms with Crippen molar-refractivity contribution in [2.75, 3.05) is 5.73 Å². The molecule has 15 heavy (non-hydrogen) atoms. The average molecular weight is 291 g/mol. The van der Waals surface area contributed by atoms with Gasteiger partial charge in [0.15, 0.2) is 5.69 Å². The van der Waals surface area contributed by atoms with Crippen molar-refractivity contribution in [2.24, 2.45) is 0 Å². The number of halogens is 6. The van der Waals surface area contributed by atoms with Crippen LogP contribution in [-0.2, 0) is 6.18 Å². The molecular formula is C7H4BrF5N2. The molecule has 0 unspecified atom stereocenters. The summed E-state index contributed by atoms with van der Waals surface area (Å²) in [6.07, 6.45) is -7.93. The highest BCUT2D eigenvalue weighted by molar-refractivity contribution is 9.10. The first kappa shape index (κ1) is 12.2. The maximum Gasteiger partial charge on any atom is 0.435 e. The van der Waals surface area contributed by atoms with E-state index >= 15 is 0 Å². The van der Waals surface area contributed by atoms with E-state index in [-0.39, 0.29) is 4.47 Å². The van der Waals surface area contributed by atoms with Crippen LogP contribution in [0.1, 0.15) is 17.8 Å². The molecule has 0 aliphatic heterocycles. The number of hydrogen-bond acceptors (Lipinski definition) is 2. The summed E-state index contributed by atoms with van der Waals surface area (Å²) in [7, 11) is 0. The van der Waals surface area contributed by atoms with Crippen LogP contribution in [0.5, 0.6) is 0 Å². The van der Waals surface area contributed by atoms with Crippen molar-refractivity contribution < 1.29 is 22.0 Å². The number of nitrogens with two attached hydrogens (primary N) is 1. The maximum absolute atomic E-state index is 12.3. The fourth-order valence-corrected chi connectivity index (χ4v) is 1.29. The molecule has 0 saturated carbocycles. The van der Waals surface area contributed by atoms with E-state index in [9.17, 15) is 22.0 Å². The van der Waals surface area contributed by atoms with Gasteiger partial charge in [-0.05, 0) is 22.0 Å². The van der Waals surface area contributed by atoms with Crippen molar-refractivity contribution in [3.63, 3.8) is 0 Å². The van der Waals surface area contributed by atoms with Gasteiger partial charge in [0, 0.05) is 4.47 Å². The third kappa shape index (κ3) is 2.55. The van der Waals surface area contributed by atoms with E-state index in [0.717, 1.165) is 6.07 Å². The van der Waals surface area contributed by atoms with Gasteiger partial charge in [0.05, 0.1) is 5.69 Å². The molecular weight excluding hydrogens is 287 g/mol. The zero-order chi connectivity index (χ0) is 11.8. The number of nitrogens with zero attached hydrogens (tertiary/aromatic N) is 1. The Morgan fingerprint density at radius 2 is 1.87 bits per heavy atom. The minimum atomic E-state index is -4.85. The van der Waals surface area contributed by atoms with E-state index < -0.39 is 29.7 Å². The molecule has 1 heterocycles. The van der Waals surface area contributed by atoms with Crippen LogP contribution in [0.3, 0.4) is 0 Å². The van der Waals surface area contributed by atoms with Gasteiger partial charge in [0.1, 0.15) is 5.69 Å². The number of rotatable bonds is 1. The minimum absolute atomic E-state index is 0.250. The Labute approximate surface area is 89.4 Å². The van der Waals surface area contributed by atoms with Crippen LogP contribution >= 0.6 is 15.9 Å². The van der Waals surface area contributed by atoms with E-state index in [1.54, 1.807) is 0 Å². The predicted octanol–water partition coefficient (Wildman–Crippen LogP) is 3.38. The SMILES string of the molecule is Nc1c(Br)cc(C(F)F)nc1C(F)(F)F. The van der Waals surface area contributed by atoms with E-state index in [0.29, 0.717) is 0 Å². The zero-order valence-electron chi connectivity index (χ0n) is 6.95. The van der Waals surface area contributed by atoms with Gasteiger partial charge >= 0.3 is 6.18 Å². The zero-order valence-corrected chi connectivity index (χ0v) is 8.53. The Hall–Kier alpha value is -0.920. The summed E-state index contributed by atoms with van der Waals surface area (Å²) in [5, 5.41) is 0. The lowest BCUT2D eigenvalue weighted by atomic mass is 10.2. The monoisotopic (exact) mass is 290 g/mol. The Morgan fingerprint density at radius 3 is 2.27 bits per heavy atom. The van der Waals surface area contributed by atoms with Crippen molar-refractivity contribution in [2.45, 2.75) is 12.6 Å².